The van der Waals surface area contributed by atoms with Crippen LogP contribution in [0.4, 0.5) is 0 Å². The molecule has 146 valence electrons. The Balaban J connectivity index is 1.32. The zero-order valence-corrected chi connectivity index (χ0v) is 15.9. The van der Waals surface area contributed by atoms with Crippen molar-refractivity contribution in [3.63, 3.8) is 0 Å². The van der Waals surface area contributed by atoms with Crippen LogP contribution in [0.3, 0.4) is 0 Å². The molecule has 0 bridgehead atoms. The average Bonchev–Trinajstić information content (AvgIpc) is 3.17. The van der Waals surface area contributed by atoms with Gasteiger partial charge in [-0.1, -0.05) is 35.5 Å². The molecule has 0 amide bonds. The van der Waals surface area contributed by atoms with Gasteiger partial charge in [0.25, 0.3) is 0 Å². The first kappa shape index (κ1) is 18.5. The first-order chi connectivity index (χ1) is 13.7. The van der Waals surface area contributed by atoms with Gasteiger partial charge in [0.15, 0.2) is 5.76 Å². The Labute approximate surface area is 164 Å². The van der Waals surface area contributed by atoms with Crippen molar-refractivity contribution < 1.29 is 18.7 Å². The molecule has 1 aliphatic heterocycles. The van der Waals surface area contributed by atoms with Crippen LogP contribution in [0.5, 0.6) is 11.5 Å². The van der Waals surface area contributed by atoms with Crippen molar-refractivity contribution in [2.45, 2.75) is 25.1 Å². The van der Waals surface area contributed by atoms with E-state index in [0.717, 1.165) is 30.2 Å². The summed E-state index contributed by atoms with van der Waals surface area (Å²) in [4.78, 5) is 0. The van der Waals surface area contributed by atoms with Gasteiger partial charge in [-0.3, -0.25) is 0 Å². The van der Waals surface area contributed by atoms with Gasteiger partial charge in [-0.15, -0.1) is 0 Å². The summed E-state index contributed by atoms with van der Waals surface area (Å²) in [7, 11) is 1.67. The Bertz CT molecular complexity index is 873. The lowest BCUT2D eigenvalue weighted by Crippen LogP contribution is -2.61. The Morgan fingerprint density at radius 3 is 2.50 bits per heavy atom. The maximum Gasteiger partial charge on any atom is 0.174 e. The topological polar surface area (TPSA) is 65.8 Å². The fourth-order valence-corrected chi connectivity index (χ4v) is 3.17. The Hall–Kier alpha value is -2.83. The summed E-state index contributed by atoms with van der Waals surface area (Å²) in [5, 5.41) is 7.83. The van der Waals surface area contributed by atoms with E-state index in [-0.39, 0.29) is 5.54 Å². The Morgan fingerprint density at radius 1 is 1.04 bits per heavy atom. The van der Waals surface area contributed by atoms with E-state index in [1.807, 2.05) is 48.5 Å². The van der Waals surface area contributed by atoms with E-state index in [9.17, 15) is 0 Å². The van der Waals surface area contributed by atoms with E-state index in [1.54, 1.807) is 7.11 Å². The first-order valence-electron chi connectivity index (χ1n) is 9.33. The van der Waals surface area contributed by atoms with Crippen LogP contribution in [-0.2, 0) is 24.3 Å². The lowest BCUT2D eigenvalue weighted by molar-refractivity contribution is -0.0755. The summed E-state index contributed by atoms with van der Waals surface area (Å²) in [6.07, 6.45) is 0.748. The van der Waals surface area contributed by atoms with Crippen molar-refractivity contribution in [1.29, 1.82) is 0 Å². The van der Waals surface area contributed by atoms with E-state index in [4.69, 9.17) is 18.7 Å². The number of benzene rings is 2. The van der Waals surface area contributed by atoms with Gasteiger partial charge in [-0.25, -0.2) is 0 Å². The fourth-order valence-electron chi connectivity index (χ4n) is 3.17. The molecular formula is C22H24N2O4. The number of para-hydroxylation sites is 1. The summed E-state index contributed by atoms with van der Waals surface area (Å²) >= 11 is 0. The molecule has 0 atom stereocenters. The number of rotatable bonds is 9. The molecule has 1 fully saturated rings. The van der Waals surface area contributed by atoms with E-state index in [1.165, 1.54) is 5.56 Å². The molecule has 1 saturated heterocycles. The second kappa shape index (κ2) is 8.46. The predicted molar refractivity (Wildman–Crippen MR) is 104 cm³/mol. The summed E-state index contributed by atoms with van der Waals surface area (Å²) in [6.45, 7) is 2.44. The molecule has 2 aromatic carbocycles. The molecule has 1 aliphatic rings. The minimum Gasteiger partial charge on any atom is -0.497 e. The Kier molecular flexibility index (Phi) is 5.60. The highest BCUT2D eigenvalue weighted by Crippen LogP contribution is 2.24. The van der Waals surface area contributed by atoms with Crippen LogP contribution >= 0.6 is 0 Å². The fraction of sp³-hybridized carbons (Fsp3) is 0.318. The van der Waals surface area contributed by atoms with E-state index >= 15 is 0 Å². The number of nitrogens with zero attached hydrogens (tertiary/aromatic N) is 1. The standard InChI is InChI=1S/C22H24N2O4/c1-25-19-9-7-17(8-10-19)13-23-22(15-26-16-22)12-18-11-21(28-24-18)14-27-20-5-3-2-4-6-20/h2-11,23H,12-16H2,1H3. The van der Waals surface area contributed by atoms with Crippen molar-refractivity contribution in [2.24, 2.45) is 0 Å². The maximum absolute atomic E-state index is 5.72. The van der Waals surface area contributed by atoms with Crippen molar-refractivity contribution in [3.8, 4) is 11.5 Å². The maximum atomic E-state index is 5.72. The summed E-state index contributed by atoms with van der Waals surface area (Å²) in [5.74, 6) is 2.38. The Morgan fingerprint density at radius 2 is 1.82 bits per heavy atom. The van der Waals surface area contributed by atoms with Gasteiger partial charge in [-0.2, -0.15) is 0 Å². The van der Waals surface area contributed by atoms with Crippen molar-refractivity contribution >= 4 is 0 Å². The van der Waals surface area contributed by atoms with Crippen LogP contribution in [0.1, 0.15) is 17.0 Å². The molecule has 1 aromatic heterocycles. The molecule has 4 rings (SSSR count). The van der Waals surface area contributed by atoms with Crippen LogP contribution in [0.25, 0.3) is 0 Å². The lowest BCUT2D eigenvalue weighted by Gasteiger charge is -2.42. The third kappa shape index (κ3) is 4.52. The van der Waals surface area contributed by atoms with E-state index < -0.39 is 0 Å². The second-order valence-corrected chi connectivity index (χ2v) is 7.04. The van der Waals surface area contributed by atoms with Crippen LogP contribution in [0, 0.1) is 0 Å². The smallest absolute Gasteiger partial charge is 0.174 e. The lowest BCUT2D eigenvalue weighted by atomic mass is 9.91. The molecule has 0 unspecified atom stereocenters. The van der Waals surface area contributed by atoms with Gasteiger partial charge >= 0.3 is 0 Å². The molecule has 2 heterocycles. The highest BCUT2D eigenvalue weighted by Gasteiger charge is 2.39. The molecule has 0 radical (unpaired) electrons. The monoisotopic (exact) mass is 380 g/mol. The molecule has 28 heavy (non-hydrogen) atoms. The number of hydrogen-bond acceptors (Lipinski definition) is 6. The molecule has 6 nitrogen and oxygen atoms in total. The normalized spacial score (nSPS) is 15.0. The number of methoxy groups -OCH3 is 1. The molecule has 1 N–H and O–H groups in total. The predicted octanol–water partition coefficient (Wildman–Crippen LogP) is 3.36. The summed E-state index contributed by atoms with van der Waals surface area (Å²) in [5.41, 5.74) is 1.98. The minimum atomic E-state index is -0.117. The largest absolute Gasteiger partial charge is 0.497 e. The van der Waals surface area contributed by atoms with Gasteiger partial charge < -0.3 is 24.1 Å². The SMILES string of the molecule is COc1ccc(CNC2(Cc3cc(COc4ccccc4)on3)COC2)cc1. The van der Waals surface area contributed by atoms with Crippen LogP contribution in [0.2, 0.25) is 0 Å². The van der Waals surface area contributed by atoms with Gasteiger partial charge in [0.2, 0.25) is 0 Å². The minimum absolute atomic E-state index is 0.117. The highest BCUT2D eigenvalue weighted by molar-refractivity contribution is 5.27. The summed E-state index contributed by atoms with van der Waals surface area (Å²) in [6, 6.07) is 19.7. The highest BCUT2D eigenvalue weighted by atomic mass is 16.5. The number of aromatic nitrogens is 1. The molecule has 3 aromatic rings. The van der Waals surface area contributed by atoms with Crippen molar-refractivity contribution in [3.05, 3.63) is 77.7 Å². The summed E-state index contributed by atoms with van der Waals surface area (Å²) < 4.78 is 21.8. The van der Waals surface area contributed by atoms with Crippen LogP contribution in [-0.4, -0.2) is 31.0 Å². The van der Waals surface area contributed by atoms with Gasteiger partial charge in [0.05, 0.1) is 31.6 Å². The third-order valence-electron chi connectivity index (χ3n) is 4.83. The number of nitrogens with one attached hydrogen (secondary N) is 1. The van der Waals surface area contributed by atoms with Crippen LogP contribution < -0.4 is 14.8 Å². The molecule has 0 saturated carbocycles. The zero-order chi connectivity index (χ0) is 19.2. The van der Waals surface area contributed by atoms with E-state index in [0.29, 0.717) is 25.6 Å². The third-order valence-corrected chi connectivity index (χ3v) is 4.83. The second-order valence-electron chi connectivity index (χ2n) is 7.04. The molecule has 6 heteroatoms. The molecular weight excluding hydrogens is 356 g/mol. The molecule has 0 aliphatic carbocycles. The number of hydrogen-bond donors (Lipinski definition) is 1. The van der Waals surface area contributed by atoms with Gasteiger partial charge in [0.1, 0.15) is 18.1 Å². The average molecular weight is 380 g/mol. The van der Waals surface area contributed by atoms with Crippen molar-refractivity contribution in [2.75, 3.05) is 20.3 Å². The van der Waals surface area contributed by atoms with Gasteiger partial charge in [-0.05, 0) is 29.8 Å². The van der Waals surface area contributed by atoms with E-state index in [2.05, 4.69) is 22.6 Å². The molecule has 0 spiro atoms. The quantitative estimate of drug-likeness (QED) is 0.614. The van der Waals surface area contributed by atoms with Crippen molar-refractivity contribution in [1.82, 2.24) is 10.5 Å². The van der Waals surface area contributed by atoms with Crippen LogP contribution in [0.15, 0.2) is 65.2 Å². The first-order valence-corrected chi connectivity index (χ1v) is 9.33. The number of ether oxygens (including phenoxy) is 3. The van der Waals surface area contributed by atoms with Gasteiger partial charge in [0, 0.05) is 19.0 Å². The zero-order valence-electron chi connectivity index (χ0n) is 15.9.